The highest BCUT2D eigenvalue weighted by molar-refractivity contribution is 5.03. The summed E-state index contributed by atoms with van der Waals surface area (Å²) >= 11 is 0. The lowest BCUT2D eigenvalue weighted by atomic mass is 9.96. The Balaban J connectivity index is 1.40. The van der Waals surface area contributed by atoms with Gasteiger partial charge in [-0.25, -0.2) is 4.98 Å². The van der Waals surface area contributed by atoms with Crippen LogP contribution in [0.2, 0.25) is 0 Å². The molecule has 2 aliphatic rings. The van der Waals surface area contributed by atoms with Gasteiger partial charge in [-0.3, -0.25) is 4.90 Å². The predicted octanol–water partition coefficient (Wildman–Crippen LogP) is 2.68. The molecule has 4 nitrogen and oxygen atoms in total. The molecule has 4 heteroatoms. The van der Waals surface area contributed by atoms with E-state index in [0.717, 1.165) is 31.0 Å². The first-order valence-electron chi connectivity index (χ1n) is 8.66. The third kappa shape index (κ3) is 4.30. The maximum atomic E-state index is 4.35. The normalized spacial score (nSPS) is 21.3. The van der Waals surface area contributed by atoms with Crippen LogP contribution in [0.4, 0.5) is 0 Å². The van der Waals surface area contributed by atoms with Crippen molar-refractivity contribution < 1.29 is 0 Å². The fourth-order valence-electron chi connectivity index (χ4n) is 3.29. The minimum Gasteiger partial charge on any atom is -0.330 e. The Kier molecular flexibility index (Phi) is 4.96. The summed E-state index contributed by atoms with van der Waals surface area (Å²) in [6.45, 7) is 10.5. The maximum Gasteiger partial charge on any atom is 0.0951 e. The van der Waals surface area contributed by atoms with Gasteiger partial charge in [0.1, 0.15) is 0 Å². The molecule has 1 aliphatic carbocycles. The van der Waals surface area contributed by atoms with Gasteiger partial charge in [-0.1, -0.05) is 13.8 Å². The number of aromatic nitrogens is 2. The summed E-state index contributed by atoms with van der Waals surface area (Å²) in [6, 6.07) is 0.750. The number of nitrogens with zero attached hydrogens (tertiary/aromatic N) is 3. The number of hydrogen-bond donors (Lipinski definition) is 1. The third-order valence-corrected chi connectivity index (χ3v) is 4.76. The molecule has 0 amide bonds. The second-order valence-corrected chi connectivity index (χ2v) is 7.30. The molecule has 21 heavy (non-hydrogen) atoms. The number of nitrogens with one attached hydrogen (secondary N) is 1. The monoisotopic (exact) mass is 290 g/mol. The van der Waals surface area contributed by atoms with Crippen molar-refractivity contribution in [1.29, 1.82) is 0 Å². The largest absolute Gasteiger partial charge is 0.330 e. The Bertz CT molecular complexity index is 428. The van der Waals surface area contributed by atoms with Crippen molar-refractivity contribution in [3.05, 3.63) is 18.2 Å². The average molecular weight is 290 g/mol. The van der Waals surface area contributed by atoms with Crippen LogP contribution in [0.1, 0.15) is 51.3 Å². The molecule has 0 bridgehead atoms. The summed E-state index contributed by atoms with van der Waals surface area (Å²) < 4.78 is 2.40. The van der Waals surface area contributed by atoms with Crippen LogP contribution in [0, 0.1) is 11.8 Å². The van der Waals surface area contributed by atoms with E-state index in [0.29, 0.717) is 0 Å². The quantitative estimate of drug-likeness (QED) is 0.838. The number of rotatable bonds is 7. The van der Waals surface area contributed by atoms with E-state index >= 15 is 0 Å². The second-order valence-electron chi connectivity index (χ2n) is 7.30. The lowest BCUT2D eigenvalue weighted by Crippen LogP contribution is -2.37. The van der Waals surface area contributed by atoms with Crippen molar-refractivity contribution in [2.75, 3.05) is 26.2 Å². The molecule has 2 fully saturated rings. The SMILES string of the molecule is CC(C)CNCC1CCN(Cc2cncn2C2CC2)CC1. The first kappa shape index (κ1) is 15.0. The Morgan fingerprint density at radius 2 is 2.00 bits per heavy atom. The Morgan fingerprint density at radius 1 is 1.24 bits per heavy atom. The molecule has 1 aliphatic heterocycles. The maximum absolute atomic E-state index is 4.35. The average Bonchev–Trinajstić information content (AvgIpc) is 3.21. The molecule has 0 radical (unpaired) electrons. The summed E-state index contributed by atoms with van der Waals surface area (Å²) in [5, 5.41) is 3.61. The van der Waals surface area contributed by atoms with Crippen molar-refractivity contribution >= 4 is 0 Å². The molecule has 0 spiro atoms. The minimum atomic E-state index is 0.750. The summed E-state index contributed by atoms with van der Waals surface area (Å²) in [4.78, 5) is 6.95. The van der Waals surface area contributed by atoms with Gasteiger partial charge in [0.15, 0.2) is 0 Å². The fraction of sp³-hybridized carbons (Fsp3) is 0.824. The van der Waals surface area contributed by atoms with Gasteiger partial charge < -0.3 is 9.88 Å². The van der Waals surface area contributed by atoms with Gasteiger partial charge in [0.05, 0.1) is 12.0 Å². The zero-order valence-corrected chi connectivity index (χ0v) is 13.6. The molecule has 1 saturated heterocycles. The second kappa shape index (κ2) is 6.93. The molecule has 118 valence electrons. The van der Waals surface area contributed by atoms with Crippen molar-refractivity contribution in [3.63, 3.8) is 0 Å². The van der Waals surface area contributed by atoms with Crippen molar-refractivity contribution in [1.82, 2.24) is 19.8 Å². The van der Waals surface area contributed by atoms with Crippen LogP contribution in [0.25, 0.3) is 0 Å². The predicted molar refractivity (Wildman–Crippen MR) is 86.2 cm³/mol. The van der Waals surface area contributed by atoms with E-state index in [-0.39, 0.29) is 0 Å². The molecule has 1 aromatic rings. The third-order valence-electron chi connectivity index (χ3n) is 4.76. The zero-order chi connectivity index (χ0) is 14.7. The van der Waals surface area contributed by atoms with Crippen molar-refractivity contribution in [3.8, 4) is 0 Å². The van der Waals surface area contributed by atoms with Crippen molar-refractivity contribution in [2.24, 2.45) is 11.8 Å². The van der Waals surface area contributed by atoms with Gasteiger partial charge in [-0.05, 0) is 63.7 Å². The van der Waals surface area contributed by atoms with E-state index in [1.165, 1.54) is 51.0 Å². The zero-order valence-electron chi connectivity index (χ0n) is 13.6. The van der Waals surface area contributed by atoms with E-state index in [1.54, 1.807) is 0 Å². The van der Waals surface area contributed by atoms with Crippen LogP contribution in [0.3, 0.4) is 0 Å². The lowest BCUT2D eigenvalue weighted by molar-refractivity contribution is 0.171. The molecule has 2 heterocycles. The van der Waals surface area contributed by atoms with Gasteiger partial charge in [0.25, 0.3) is 0 Å². The highest BCUT2D eigenvalue weighted by Crippen LogP contribution is 2.36. The van der Waals surface area contributed by atoms with E-state index in [4.69, 9.17) is 0 Å². The van der Waals surface area contributed by atoms with E-state index in [1.807, 2.05) is 6.33 Å². The molecule has 0 aromatic carbocycles. The number of likely N-dealkylation sites (tertiary alicyclic amines) is 1. The lowest BCUT2D eigenvalue weighted by Gasteiger charge is -2.32. The molecule has 1 aromatic heterocycles. The van der Waals surface area contributed by atoms with Crippen LogP contribution >= 0.6 is 0 Å². The van der Waals surface area contributed by atoms with E-state index < -0.39 is 0 Å². The molecule has 1 N–H and O–H groups in total. The minimum absolute atomic E-state index is 0.750. The van der Waals surface area contributed by atoms with Gasteiger partial charge >= 0.3 is 0 Å². The van der Waals surface area contributed by atoms with Gasteiger partial charge in [0.2, 0.25) is 0 Å². The smallest absolute Gasteiger partial charge is 0.0951 e. The van der Waals surface area contributed by atoms with Crippen LogP contribution < -0.4 is 5.32 Å². The highest BCUT2D eigenvalue weighted by atomic mass is 15.2. The molecule has 0 unspecified atom stereocenters. The van der Waals surface area contributed by atoms with Gasteiger partial charge in [-0.15, -0.1) is 0 Å². The molecule has 0 atom stereocenters. The van der Waals surface area contributed by atoms with Gasteiger partial charge in [-0.2, -0.15) is 0 Å². The number of piperidine rings is 1. The van der Waals surface area contributed by atoms with Crippen LogP contribution in [0.5, 0.6) is 0 Å². The molecule has 3 rings (SSSR count). The standard InChI is InChI=1S/C17H30N4/c1-14(2)9-18-10-15-5-7-20(8-6-15)12-17-11-19-13-21(17)16-3-4-16/h11,13-16,18H,3-10,12H2,1-2H3. The summed E-state index contributed by atoms with van der Waals surface area (Å²) in [5.41, 5.74) is 1.41. The molecular weight excluding hydrogens is 260 g/mol. The number of hydrogen-bond acceptors (Lipinski definition) is 3. The molecular formula is C17H30N4. The van der Waals surface area contributed by atoms with Crippen molar-refractivity contribution in [2.45, 2.75) is 52.1 Å². The van der Waals surface area contributed by atoms with Crippen LogP contribution in [-0.4, -0.2) is 40.6 Å². The first-order chi connectivity index (χ1) is 10.2. The van der Waals surface area contributed by atoms with E-state index in [9.17, 15) is 0 Å². The topological polar surface area (TPSA) is 33.1 Å². The molecule has 1 saturated carbocycles. The number of imidazole rings is 1. The summed E-state index contributed by atoms with van der Waals surface area (Å²) in [7, 11) is 0. The van der Waals surface area contributed by atoms with Crippen LogP contribution in [0.15, 0.2) is 12.5 Å². The summed E-state index contributed by atoms with van der Waals surface area (Å²) in [6.07, 6.45) is 9.44. The van der Waals surface area contributed by atoms with Crippen LogP contribution in [-0.2, 0) is 6.54 Å². The highest BCUT2D eigenvalue weighted by Gasteiger charge is 2.26. The van der Waals surface area contributed by atoms with Gasteiger partial charge in [0, 0.05) is 18.8 Å². The first-order valence-corrected chi connectivity index (χ1v) is 8.66. The Labute approximate surface area is 128 Å². The van der Waals surface area contributed by atoms with E-state index in [2.05, 4.69) is 39.8 Å². The summed E-state index contributed by atoms with van der Waals surface area (Å²) in [5.74, 6) is 1.63. The Hall–Kier alpha value is -0.870. The fourth-order valence-corrected chi connectivity index (χ4v) is 3.29. The Morgan fingerprint density at radius 3 is 2.67 bits per heavy atom.